The minimum atomic E-state index is -1.79. The Morgan fingerprint density at radius 3 is 2.03 bits per heavy atom. The second kappa shape index (κ2) is 32.0. The first-order valence-corrected chi connectivity index (χ1v) is 32.7. The normalized spacial score (nSPS) is 25.2. The zero-order valence-corrected chi connectivity index (χ0v) is 53.2. The number of rotatable bonds is 6. The van der Waals surface area contributed by atoms with Crippen LogP contribution in [0.4, 0.5) is 4.39 Å². The molecule has 0 aliphatic carbocycles. The number of amides is 10. The molecule has 0 unspecified atom stereocenters. The third-order valence-corrected chi connectivity index (χ3v) is 18.4. The van der Waals surface area contributed by atoms with Gasteiger partial charge in [0.25, 0.3) is 0 Å². The number of aromatic nitrogens is 1. The number of halogens is 1. The molecule has 4 aromatic carbocycles. The average Bonchev–Trinajstić information content (AvgIpc) is 1.77. The van der Waals surface area contributed by atoms with E-state index >= 15 is 4.79 Å². The lowest BCUT2D eigenvalue weighted by molar-refractivity contribution is -0.147. The summed E-state index contributed by atoms with van der Waals surface area (Å²) >= 11 is 3.15. The summed E-state index contributed by atoms with van der Waals surface area (Å²) in [5.74, 6) is -5.12. The zero-order chi connectivity index (χ0) is 65.4. The van der Waals surface area contributed by atoms with Crippen LogP contribution >= 0.6 is 23.5 Å². The smallest absolute Gasteiger partial charge is 0.246 e. The molecule has 26 heteroatoms. The van der Waals surface area contributed by atoms with Gasteiger partial charge in [0.1, 0.15) is 59.4 Å². The Labute approximate surface area is 535 Å². The van der Waals surface area contributed by atoms with Crippen molar-refractivity contribution >= 4 is 93.5 Å². The lowest BCUT2D eigenvalue weighted by atomic mass is 9.95. The average molecular weight is 1290 g/mol. The topological polar surface area (TPSA) is 327 Å². The van der Waals surface area contributed by atoms with E-state index in [2.05, 4.69) is 58.9 Å². The number of aliphatic hydroxyl groups is 1. The maximum atomic E-state index is 15.0. The molecule has 3 aliphatic rings. The second-order valence-corrected chi connectivity index (χ2v) is 25.6. The number of hydrogen-bond donors (Lipinski definition) is 11. The van der Waals surface area contributed by atoms with Crippen LogP contribution in [-0.2, 0) is 85.3 Å². The lowest BCUT2D eigenvalue weighted by Gasteiger charge is -2.37. The van der Waals surface area contributed by atoms with Crippen molar-refractivity contribution in [2.75, 3.05) is 31.7 Å². The number of methoxy groups -OCH3 is 1. The number of nitrogens with zero attached hydrogens (tertiary/aromatic N) is 1. The summed E-state index contributed by atoms with van der Waals surface area (Å²) in [6.45, 7) is 6.23. The van der Waals surface area contributed by atoms with E-state index in [0.717, 1.165) is 11.1 Å². The van der Waals surface area contributed by atoms with Crippen LogP contribution in [0.3, 0.4) is 0 Å². The summed E-state index contributed by atoms with van der Waals surface area (Å²) in [4.78, 5) is 147. The standard InChI is InChI=1S/C65H80FN11O12S2/c1-37-57(81)71-38(2)58(82)73-51-30-41-9-6-10-42(27-41)33-69-54(79)20-19-50(72-61(85)52(74-60(51)84)31-45-34-68-49-18-15-46(66)32-48(45)49)59(83)76-56(39(3)78)62(86)75-53(29-40-13-16-47(89-5)17-14-40)63(87)77-24-8-22-65(77,4)64(88)67-23-26-91-36-44-12-7-11-43(28-44)35-90-25-21-55(80)70-37/h6-7,9-18,27-28,32,34,37-39,50-53,56,68,78H,8,19-26,29-31,33,35-36H2,1-5H3,(H,67,88)(H,69,79)(H,70,80)(H,71,81)(H,72,85)(H,73,82)(H,74,84)(H,75,86)(H,76,83)/t37-,38+,39+,50-,51-,52-,53-,56-,65-/m0/s1. The van der Waals surface area contributed by atoms with Crippen molar-refractivity contribution in [1.82, 2.24) is 57.7 Å². The molecule has 4 heterocycles. The van der Waals surface area contributed by atoms with Crippen molar-refractivity contribution in [1.29, 1.82) is 0 Å². The van der Waals surface area contributed by atoms with Crippen LogP contribution in [0.2, 0.25) is 0 Å². The lowest BCUT2D eigenvalue weighted by Crippen LogP contribution is -2.63. The largest absolute Gasteiger partial charge is 0.497 e. The van der Waals surface area contributed by atoms with E-state index in [1.807, 2.05) is 18.2 Å². The van der Waals surface area contributed by atoms with Gasteiger partial charge in [0, 0.05) is 91.8 Å². The molecule has 6 bridgehead atoms. The molecule has 0 spiro atoms. The van der Waals surface area contributed by atoms with Crippen LogP contribution < -0.4 is 52.6 Å². The molecule has 486 valence electrons. The van der Waals surface area contributed by atoms with Crippen molar-refractivity contribution in [2.45, 2.75) is 151 Å². The fraction of sp³-hybridized carbons (Fsp3) is 0.446. The Hall–Kier alpha value is -8.49. The number of fused-ring (bicyclic) bond motifs is 12. The first-order valence-electron chi connectivity index (χ1n) is 30.4. The molecule has 10 amide bonds. The number of aromatic amines is 1. The van der Waals surface area contributed by atoms with Crippen molar-refractivity contribution < 1.29 is 62.2 Å². The van der Waals surface area contributed by atoms with Crippen LogP contribution in [-0.4, -0.2) is 160 Å². The first kappa shape index (κ1) is 68.4. The minimum absolute atomic E-state index is 0.0153. The molecule has 3 aliphatic heterocycles. The molecule has 11 N–H and O–H groups in total. The molecule has 0 radical (unpaired) electrons. The van der Waals surface area contributed by atoms with Crippen molar-refractivity contribution in [3.8, 4) is 5.75 Å². The van der Waals surface area contributed by atoms with E-state index in [1.54, 1.807) is 79.0 Å². The van der Waals surface area contributed by atoms with Crippen LogP contribution in [0.5, 0.6) is 5.75 Å². The monoisotopic (exact) mass is 1290 g/mol. The minimum Gasteiger partial charge on any atom is -0.497 e. The molecular formula is C65H80FN11O12S2. The van der Waals surface area contributed by atoms with E-state index in [1.165, 1.54) is 57.2 Å². The number of ether oxygens (including phenoxy) is 1. The van der Waals surface area contributed by atoms with Gasteiger partial charge in [0.2, 0.25) is 59.1 Å². The first-order chi connectivity index (χ1) is 43.6. The number of benzene rings is 4. The molecule has 23 nitrogen and oxygen atoms in total. The molecule has 91 heavy (non-hydrogen) atoms. The third kappa shape index (κ3) is 18.8. The molecule has 8 rings (SSSR count). The second-order valence-electron chi connectivity index (χ2n) is 23.4. The van der Waals surface area contributed by atoms with Gasteiger partial charge in [-0.25, -0.2) is 4.39 Å². The summed E-state index contributed by atoms with van der Waals surface area (Å²) < 4.78 is 20.2. The molecular weight excluding hydrogens is 1210 g/mol. The summed E-state index contributed by atoms with van der Waals surface area (Å²) in [5, 5.41) is 36.2. The van der Waals surface area contributed by atoms with E-state index < -0.39 is 107 Å². The summed E-state index contributed by atoms with van der Waals surface area (Å²) in [6.07, 6.45) is -0.562. The number of carbonyl (C=O) groups excluding carboxylic acids is 10. The molecule has 1 saturated heterocycles. The number of thioether (sulfide) groups is 2. The van der Waals surface area contributed by atoms with Crippen molar-refractivity contribution in [3.63, 3.8) is 0 Å². The van der Waals surface area contributed by atoms with Gasteiger partial charge in [-0.3, -0.25) is 47.9 Å². The Morgan fingerprint density at radius 2 is 1.31 bits per heavy atom. The van der Waals surface area contributed by atoms with E-state index in [4.69, 9.17) is 4.74 Å². The van der Waals surface area contributed by atoms with Gasteiger partial charge < -0.3 is 67.6 Å². The van der Waals surface area contributed by atoms with Crippen molar-refractivity contribution in [2.24, 2.45) is 0 Å². The highest BCUT2D eigenvalue weighted by atomic mass is 32.2. The number of carbonyl (C=O) groups is 10. The number of aliphatic hydroxyl groups excluding tert-OH is 1. The van der Waals surface area contributed by atoms with Gasteiger partial charge in [-0.15, -0.1) is 0 Å². The molecule has 1 fully saturated rings. The fourth-order valence-corrected chi connectivity index (χ4v) is 12.9. The Morgan fingerprint density at radius 1 is 0.659 bits per heavy atom. The quantitative estimate of drug-likeness (QED) is 0.117. The maximum absolute atomic E-state index is 15.0. The summed E-state index contributed by atoms with van der Waals surface area (Å²) in [6, 6.07) is 15.5. The van der Waals surface area contributed by atoms with Gasteiger partial charge in [-0.1, -0.05) is 60.7 Å². The molecule has 5 aromatic rings. The van der Waals surface area contributed by atoms with Gasteiger partial charge in [0.05, 0.1) is 13.2 Å². The number of H-pyrrole nitrogens is 1. The summed E-state index contributed by atoms with van der Waals surface area (Å²) in [7, 11) is 1.50. The van der Waals surface area contributed by atoms with Gasteiger partial charge >= 0.3 is 0 Å². The van der Waals surface area contributed by atoms with Crippen molar-refractivity contribution in [3.05, 3.63) is 136 Å². The predicted octanol–water partition coefficient (Wildman–Crippen LogP) is 2.64. The summed E-state index contributed by atoms with van der Waals surface area (Å²) in [5.41, 5.74) is 3.36. The van der Waals surface area contributed by atoms with Gasteiger partial charge in [0.15, 0.2) is 0 Å². The predicted molar refractivity (Wildman–Crippen MR) is 342 cm³/mol. The van der Waals surface area contributed by atoms with Crippen LogP contribution in [0.15, 0.2) is 97.2 Å². The number of hydrogen-bond acceptors (Lipinski definition) is 14. The fourth-order valence-electron chi connectivity index (χ4n) is 11.2. The van der Waals surface area contributed by atoms with Crippen LogP contribution in [0.1, 0.15) is 93.2 Å². The van der Waals surface area contributed by atoms with E-state index in [9.17, 15) is 52.6 Å². The Balaban J connectivity index is 1.12. The van der Waals surface area contributed by atoms with E-state index in [0.29, 0.717) is 74.8 Å². The van der Waals surface area contributed by atoms with Crippen LogP contribution in [0.25, 0.3) is 10.9 Å². The molecule has 9 atom stereocenters. The maximum Gasteiger partial charge on any atom is 0.246 e. The Bertz CT molecular complexity index is 3480. The van der Waals surface area contributed by atoms with Crippen LogP contribution in [0, 0.1) is 5.82 Å². The highest BCUT2D eigenvalue weighted by Gasteiger charge is 2.48. The SMILES string of the molecule is COc1ccc(C[C@@H]2NC(=O)[C@H]([C@@H](C)O)NC(=O)[C@@H]3CCC(=O)NCc4cccc(c4)C[C@H](NC(=O)[C@@H](C)NC(=O)[C@H](C)NC(=O)CCSCc4cccc(c4)CSCCNC(=O)[C@]4(C)CCCN4C2=O)C(=O)N[C@@H](Cc2c[nH]c4ccc(F)cc24)C(=O)N3)cc1. The van der Waals surface area contributed by atoms with Gasteiger partial charge in [-0.05, 0) is 111 Å². The zero-order valence-electron chi connectivity index (χ0n) is 51.5. The van der Waals surface area contributed by atoms with E-state index in [-0.39, 0.29) is 70.0 Å². The highest BCUT2D eigenvalue weighted by molar-refractivity contribution is 7.98. The molecule has 1 aromatic heterocycles. The third-order valence-electron chi connectivity index (χ3n) is 16.4. The number of nitrogens with one attached hydrogen (secondary N) is 10. The van der Waals surface area contributed by atoms with Gasteiger partial charge in [-0.2, -0.15) is 23.5 Å². The molecule has 0 saturated carbocycles. The highest BCUT2D eigenvalue weighted by Crippen LogP contribution is 2.31. The Kier molecular flexibility index (Phi) is 24.1.